The summed E-state index contributed by atoms with van der Waals surface area (Å²) in [6, 6.07) is 9.68. The second-order valence-electron chi connectivity index (χ2n) is 5.56. The maximum absolute atomic E-state index is 12.3. The number of nitrogens with one attached hydrogen (secondary N) is 2. The van der Waals surface area contributed by atoms with Crippen LogP contribution in [0.1, 0.15) is 22.8 Å². The third kappa shape index (κ3) is 5.47. The van der Waals surface area contributed by atoms with Crippen LogP contribution in [0.3, 0.4) is 0 Å². The average molecular weight is 395 g/mol. The number of aliphatic carboxylic acids is 1. The van der Waals surface area contributed by atoms with Gasteiger partial charge in [0, 0.05) is 34.6 Å². The van der Waals surface area contributed by atoms with E-state index in [0.29, 0.717) is 21.3 Å². The Morgan fingerprint density at radius 1 is 1.08 bits per heavy atom. The van der Waals surface area contributed by atoms with E-state index < -0.39 is 17.9 Å². The lowest BCUT2D eigenvalue weighted by molar-refractivity contribution is -0.139. The molecule has 0 heterocycles. The van der Waals surface area contributed by atoms with Gasteiger partial charge in [0.2, 0.25) is 5.91 Å². The highest BCUT2D eigenvalue weighted by atomic mass is 35.5. The quantitative estimate of drug-likeness (QED) is 0.699. The van der Waals surface area contributed by atoms with Gasteiger partial charge in [-0.3, -0.25) is 9.59 Å². The van der Waals surface area contributed by atoms with E-state index in [4.69, 9.17) is 23.2 Å². The summed E-state index contributed by atoms with van der Waals surface area (Å²) in [7, 11) is 0. The Hall–Kier alpha value is -2.57. The Morgan fingerprint density at radius 2 is 1.73 bits per heavy atom. The van der Waals surface area contributed by atoms with E-state index in [1.165, 1.54) is 25.1 Å². The number of halogens is 2. The van der Waals surface area contributed by atoms with E-state index in [1.54, 1.807) is 24.3 Å². The molecule has 0 aliphatic rings. The fourth-order valence-corrected chi connectivity index (χ4v) is 2.74. The largest absolute Gasteiger partial charge is 0.480 e. The number of amides is 2. The van der Waals surface area contributed by atoms with Crippen molar-refractivity contribution in [2.75, 3.05) is 5.32 Å². The van der Waals surface area contributed by atoms with Crippen molar-refractivity contribution in [2.45, 2.75) is 19.4 Å². The molecule has 2 aromatic rings. The summed E-state index contributed by atoms with van der Waals surface area (Å²) >= 11 is 11.9. The van der Waals surface area contributed by atoms with Gasteiger partial charge < -0.3 is 15.7 Å². The molecule has 0 aliphatic heterocycles. The Bertz CT molecular complexity index is 838. The zero-order valence-corrected chi connectivity index (χ0v) is 15.3. The summed E-state index contributed by atoms with van der Waals surface area (Å²) in [6.07, 6.45) is 0.0149. The predicted octanol–water partition coefficient (Wildman–Crippen LogP) is 3.38. The molecule has 2 aromatic carbocycles. The van der Waals surface area contributed by atoms with Crippen LogP contribution in [0, 0.1) is 0 Å². The van der Waals surface area contributed by atoms with Gasteiger partial charge in [-0.15, -0.1) is 0 Å². The van der Waals surface area contributed by atoms with E-state index in [9.17, 15) is 19.5 Å². The van der Waals surface area contributed by atoms with Crippen LogP contribution in [0.15, 0.2) is 42.5 Å². The highest BCUT2D eigenvalue weighted by Gasteiger charge is 2.22. The Kier molecular flexibility index (Phi) is 6.60. The number of rotatable bonds is 6. The molecule has 6 nitrogen and oxygen atoms in total. The highest BCUT2D eigenvalue weighted by molar-refractivity contribution is 6.35. The normalized spacial score (nSPS) is 11.5. The van der Waals surface area contributed by atoms with Gasteiger partial charge in [-0.05, 0) is 42.0 Å². The summed E-state index contributed by atoms with van der Waals surface area (Å²) in [5.74, 6) is -1.95. The van der Waals surface area contributed by atoms with E-state index >= 15 is 0 Å². The molecular formula is C18H16Cl2N2O4. The molecule has 26 heavy (non-hydrogen) atoms. The number of carbonyl (C=O) groups is 3. The number of carboxylic acid groups (broad SMARTS) is 1. The number of hydrogen-bond acceptors (Lipinski definition) is 3. The predicted molar refractivity (Wildman–Crippen MR) is 99.8 cm³/mol. The van der Waals surface area contributed by atoms with E-state index in [0.717, 1.165) is 0 Å². The zero-order chi connectivity index (χ0) is 19.3. The lowest BCUT2D eigenvalue weighted by atomic mass is 10.1. The number of carboxylic acids is 1. The van der Waals surface area contributed by atoms with Gasteiger partial charge in [-0.1, -0.05) is 29.3 Å². The summed E-state index contributed by atoms with van der Waals surface area (Å²) in [5.41, 5.74) is 1.37. The van der Waals surface area contributed by atoms with Crippen LogP contribution in [0.25, 0.3) is 0 Å². The van der Waals surface area contributed by atoms with Crippen LogP contribution in [0.5, 0.6) is 0 Å². The van der Waals surface area contributed by atoms with Crippen molar-refractivity contribution in [3.8, 4) is 0 Å². The molecule has 8 heteroatoms. The molecule has 136 valence electrons. The van der Waals surface area contributed by atoms with Crippen LogP contribution in [0.2, 0.25) is 10.0 Å². The molecule has 0 spiro atoms. The second-order valence-corrected chi connectivity index (χ2v) is 6.41. The molecule has 1 atom stereocenters. The Balaban J connectivity index is 2.10. The summed E-state index contributed by atoms with van der Waals surface area (Å²) in [6.45, 7) is 1.37. The lowest BCUT2D eigenvalue weighted by Gasteiger charge is -2.16. The van der Waals surface area contributed by atoms with Crippen LogP contribution in [-0.4, -0.2) is 28.9 Å². The number of benzene rings is 2. The highest BCUT2D eigenvalue weighted by Crippen LogP contribution is 2.22. The van der Waals surface area contributed by atoms with E-state index in [-0.39, 0.29) is 17.9 Å². The average Bonchev–Trinajstić information content (AvgIpc) is 2.56. The first-order valence-electron chi connectivity index (χ1n) is 7.61. The monoisotopic (exact) mass is 394 g/mol. The topological polar surface area (TPSA) is 95.5 Å². The maximum atomic E-state index is 12.3. The molecule has 0 fully saturated rings. The fraction of sp³-hybridized carbons (Fsp3) is 0.167. The molecular weight excluding hydrogens is 379 g/mol. The molecule has 3 N–H and O–H groups in total. The van der Waals surface area contributed by atoms with Crippen LogP contribution in [0.4, 0.5) is 5.69 Å². The van der Waals surface area contributed by atoms with Gasteiger partial charge in [-0.25, -0.2) is 4.79 Å². The summed E-state index contributed by atoms with van der Waals surface area (Å²) in [4.78, 5) is 34.8. The SMILES string of the molecule is CC(=O)Nc1ccc(C(=O)N[C@@H](Cc2ccc(Cl)cc2Cl)C(=O)O)cc1. The molecule has 0 saturated carbocycles. The first kappa shape index (κ1) is 19.8. The molecule has 2 amide bonds. The fourth-order valence-electron chi connectivity index (χ4n) is 2.26. The van der Waals surface area contributed by atoms with E-state index in [2.05, 4.69) is 10.6 Å². The molecule has 0 aliphatic carbocycles. The molecule has 0 radical (unpaired) electrons. The lowest BCUT2D eigenvalue weighted by Crippen LogP contribution is -2.42. The van der Waals surface area contributed by atoms with Gasteiger partial charge in [-0.2, -0.15) is 0 Å². The van der Waals surface area contributed by atoms with Gasteiger partial charge in [0.15, 0.2) is 0 Å². The van der Waals surface area contributed by atoms with Crippen molar-refractivity contribution in [1.29, 1.82) is 0 Å². The van der Waals surface area contributed by atoms with Crippen LogP contribution >= 0.6 is 23.2 Å². The minimum absolute atomic E-state index is 0.0149. The van der Waals surface area contributed by atoms with Crippen molar-refractivity contribution in [3.05, 3.63) is 63.6 Å². The first-order valence-corrected chi connectivity index (χ1v) is 8.37. The molecule has 0 saturated heterocycles. The molecule has 0 aromatic heterocycles. The number of hydrogen-bond donors (Lipinski definition) is 3. The standard InChI is InChI=1S/C18H16Cl2N2O4/c1-10(23)21-14-6-3-11(4-7-14)17(24)22-16(18(25)26)8-12-2-5-13(19)9-15(12)20/h2-7,9,16H,8H2,1H3,(H,21,23)(H,22,24)(H,25,26)/t16-/m0/s1. The van der Waals surface area contributed by atoms with Crippen molar-refractivity contribution in [2.24, 2.45) is 0 Å². The van der Waals surface area contributed by atoms with Crippen molar-refractivity contribution in [3.63, 3.8) is 0 Å². The minimum Gasteiger partial charge on any atom is -0.480 e. The van der Waals surface area contributed by atoms with Crippen molar-refractivity contribution < 1.29 is 19.5 Å². The Morgan fingerprint density at radius 3 is 2.27 bits per heavy atom. The zero-order valence-electron chi connectivity index (χ0n) is 13.8. The second kappa shape index (κ2) is 8.69. The van der Waals surface area contributed by atoms with Gasteiger partial charge in [0.1, 0.15) is 6.04 Å². The molecule has 2 rings (SSSR count). The molecule has 0 bridgehead atoms. The summed E-state index contributed by atoms with van der Waals surface area (Å²) in [5, 5.41) is 15.2. The number of anilines is 1. The van der Waals surface area contributed by atoms with E-state index in [1.807, 2.05) is 0 Å². The smallest absolute Gasteiger partial charge is 0.326 e. The van der Waals surface area contributed by atoms with Crippen LogP contribution in [-0.2, 0) is 16.0 Å². The Labute approximate surface area is 160 Å². The number of carbonyl (C=O) groups excluding carboxylic acids is 2. The van der Waals surface area contributed by atoms with Gasteiger partial charge in [0.25, 0.3) is 5.91 Å². The van der Waals surface area contributed by atoms with Crippen molar-refractivity contribution >= 4 is 46.7 Å². The maximum Gasteiger partial charge on any atom is 0.326 e. The third-order valence-electron chi connectivity index (χ3n) is 3.51. The third-order valence-corrected chi connectivity index (χ3v) is 4.10. The summed E-state index contributed by atoms with van der Waals surface area (Å²) < 4.78 is 0. The van der Waals surface area contributed by atoms with Gasteiger partial charge in [0.05, 0.1) is 0 Å². The van der Waals surface area contributed by atoms with Crippen molar-refractivity contribution in [1.82, 2.24) is 5.32 Å². The van der Waals surface area contributed by atoms with Gasteiger partial charge >= 0.3 is 5.97 Å². The minimum atomic E-state index is -1.18. The first-order chi connectivity index (χ1) is 12.3. The molecule has 0 unspecified atom stereocenters. The van der Waals surface area contributed by atoms with Crippen LogP contribution < -0.4 is 10.6 Å².